The second kappa shape index (κ2) is 7.92. The summed E-state index contributed by atoms with van der Waals surface area (Å²) in [4.78, 5) is 20.7. The molecule has 4 heteroatoms. The van der Waals surface area contributed by atoms with Gasteiger partial charge in [0.05, 0.1) is 5.41 Å². The number of piperidine rings is 1. The Labute approximate surface area is 164 Å². The van der Waals surface area contributed by atoms with Gasteiger partial charge in [-0.1, -0.05) is 30.7 Å². The van der Waals surface area contributed by atoms with E-state index >= 15 is 0 Å². The van der Waals surface area contributed by atoms with Gasteiger partial charge >= 0.3 is 0 Å². The van der Waals surface area contributed by atoms with Gasteiger partial charge in [-0.25, -0.2) is 0 Å². The normalized spacial score (nSPS) is 30.1. The van der Waals surface area contributed by atoms with Gasteiger partial charge in [0.1, 0.15) is 0 Å². The third kappa shape index (κ3) is 3.79. The molecule has 0 saturated carbocycles. The number of likely N-dealkylation sites (tertiary alicyclic amines) is 1. The van der Waals surface area contributed by atoms with E-state index in [-0.39, 0.29) is 5.41 Å². The van der Waals surface area contributed by atoms with Crippen LogP contribution < -0.4 is 0 Å². The molecule has 0 unspecified atom stereocenters. The fraction of sp³-hybridized carbons (Fsp3) is 0.696. The third-order valence-corrected chi connectivity index (χ3v) is 7.26. The van der Waals surface area contributed by atoms with E-state index in [0.717, 1.165) is 45.4 Å². The molecule has 2 fully saturated rings. The maximum absolute atomic E-state index is 13.5. The van der Waals surface area contributed by atoms with Gasteiger partial charge in [0.15, 0.2) is 0 Å². The maximum Gasteiger partial charge on any atom is 0.233 e. The Kier molecular flexibility index (Phi) is 5.56. The van der Waals surface area contributed by atoms with Crippen LogP contribution in [0.5, 0.6) is 0 Å². The van der Waals surface area contributed by atoms with E-state index in [0.29, 0.717) is 11.9 Å². The minimum absolute atomic E-state index is 0.333. The molecule has 3 aliphatic rings. The first-order chi connectivity index (χ1) is 13.1. The van der Waals surface area contributed by atoms with Crippen molar-refractivity contribution in [3.63, 3.8) is 0 Å². The van der Waals surface area contributed by atoms with Crippen molar-refractivity contribution in [1.29, 1.82) is 0 Å². The highest BCUT2D eigenvalue weighted by Crippen LogP contribution is 2.38. The molecule has 148 valence electrons. The number of likely N-dealkylation sites (N-methyl/N-ethyl adjacent to an activating group) is 1. The van der Waals surface area contributed by atoms with Crippen LogP contribution in [-0.2, 0) is 16.6 Å². The Morgan fingerprint density at radius 3 is 2.63 bits per heavy atom. The molecule has 1 amide bonds. The summed E-state index contributed by atoms with van der Waals surface area (Å²) in [5.74, 6) is 0.351. The summed E-state index contributed by atoms with van der Waals surface area (Å²) in [7, 11) is 2.27. The largest absolute Gasteiger partial charge is 0.339 e. The van der Waals surface area contributed by atoms with E-state index in [4.69, 9.17) is 0 Å². The molecule has 4 rings (SSSR count). The van der Waals surface area contributed by atoms with Crippen molar-refractivity contribution in [2.75, 3.05) is 46.3 Å². The molecule has 2 atom stereocenters. The van der Waals surface area contributed by atoms with Gasteiger partial charge in [0.2, 0.25) is 5.91 Å². The molecule has 0 N–H and O–H groups in total. The predicted molar refractivity (Wildman–Crippen MR) is 110 cm³/mol. The molecule has 4 nitrogen and oxygen atoms in total. The third-order valence-electron chi connectivity index (χ3n) is 7.26. The van der Waals surface area contributed by atoms with Gasteiger partial charge in [-0.15, -0.1) is 0 Å². The number of benzene rings is 1. The first-order valence-electron chi connectivity index (χ1n) is 10.9. The quantitative estimate of drug-likeness (QED) is 0.820. The summed E-state index contributed by atoms with van der Waals surface area (Å²) in [6.45, 7) is 8.39. The lowest BCUT2D eigenvalue weighted by Gasteiger charge is -2.43. The van der Waals surface area contributed by atoms with Gasteiger partial charge in [-0.3, -0.25) is 9.69 Å². The monoisotopic (exact) mass is 369 g/mol. The molecular weight excluding hydrogens is 334 g/mol. The molecule has 27 heavy (non-hydrogen) atoms. The number of carbonyl (C=O) groups is 1. The number of hydrogen-bond acceptors (Lipinski definition) is 3. The van der Waals surface area contributed by atoms with Crippen LogP contribution in [0.15, 0.2) is 24.3 Å². The van der Waals surface area contributed by atoms with Gasteiger partial charge < -0.3 is 9.80 Å². The van der Waals surface area contributed by atoms with E-state index in [2.05, 4.69) is 52.9 Å². The fourth-order valence-electron chi connectivity index (χ4n) is 5.42. The SMILES string of the molecule is CN1CCCC[C@H]1CN1CCN(C(=O)[C@@]2(C)CCCc3ccccc32)CC1. The summed E-state index contributed by atoms with van der Waals surface area (Å²) in [5.41, 5.74) is 2.31. The molecule has 2 heterocycles. The van der Waals surface area contributed by atoms with Gasteiger partial charge in [0.25, 0.3) is 0 Å². The number of piperazine rings is 1. The van der Waals surface area contributed by atoms with Crippen molar-refractivity contribution >= 4 is 5.91 Å². The van der Waals surface area contributed by atoms with E-state index in [9.17, 15) is 4.79 Å². The Balaban J connectivity index is 1.38. The maximum atomic E-state index is 13.5. The molecule has 1 aromatic rings. The van der Waals surface area contributed by atoms with E-state index in [1.54, 1.807) is 0 Å². The van der Waals surface area contributed by atoms with E-state index in [1.165, 1.54) is 43.5 Å². The summed E-state index contributed by atoms with van der Waals surface area (Å²) in [5, 5.41) is 0. The van der Waals surface area contributed by atoms with E-state index < -0.39 is 0 Å². The lowest BCUT2D eigenvalue weighted by molar-refractivity contribution is -0.139. The molecule has 1 aromatic carbocycles. The lowest BCUT2D eigenvalue weighted by atomic mass is 9.70. The zero-order valence-electron chi connectivity index (χ0n) is 17.1. The number of carbonyl (C=O) groups excluding carboxylic acids is 1. The Morgan fingerprint density at radius 1 is 1.07 bits per heavy atom. The highest BCUT2D eigenvalue weighted by atomic mass is 16.2. The minimum atomic E-state index is -0.333. The van der Waals surface area contributed by atoms with Crippen LogP contribution in [0, 0.1) is 0 Å². The van der Waals surface area contributed by atoms with Crippen LogP contribution in [-0.4, -0.2) is 73.0 Å². The minimum Gasteiger partial charge on any atom is -0.339 e. The molecule has 0 radical (unpaired) electrons. The van der Waals surface area contributed by atoms with Crippen molar-refractivity contribution in [3.05, 3.63) is 35.4 Å². The molecular formula is C23H35N3O. The molecule has 1 aliphatic carbocycles. The fourth-order valence-corrected chi connectivity index (χ4v) is 5.42. The van der Waals surface area contributed by atoms with Crippen LogP contribution in [0.3, 0.4) is 0 Å². The second-order valence-electron chi connectivity index (χ2n) is 9.07. The summed E-state index contributed by atoms with van der Waals surface area (Å²) in [6.07, 6.45) is 7.25. The molecule has 2 aliphatic heterocycles. The number of rotatable bonds is 3. The van der Waals surface area contributed by atoms with Crippen LogP contribution in [0.4, 0.5) is 0 Å². The topological polar surface area (TPSA) is 26.8 Å². The first kappa shape index (κ1) is 18.9. The van der Waals surface area contributed by atoms with Crippen molar-refractivity contribution in [1.82, 2.24) is 14.7 Å². The average Bonchev–Trinajstić information content (AvgIpc) is 2.70. The zero-order valence-corrected chi connectivity index (χ0v) is 17.1. The van der Waals surface area contributed by atoms with Crippen LogP contribution >= 0.6 is 0 Å². The van der Waals surface area contributed by atoms with E-state index in [1.807, 2.05) is 0 Å². The molecule has 0 bridgehead atoms. The van der Waals surface area contributed by atoms with Crippen LogP contribution in [0.2, 0.25) is 0 Å². The van der Waals surface area contributed by atoms with Crippen LogP contribution in [0.1, 0.15) is 50.2 Å². The summed E-state index contributed by atoms with van der Waals surface area (Å²) >= 11 is 0. The highest BCUT2D eigenvalue weighted by molar-refractivity contribution is 5.88. The van der Waals surface area contributed by atoms with Crippen LogP contribution in [0.25, 0.3) is 0 Å². The zero-order chi connectivity index (χ0) is 18.9. The summed E-state index contributed by atoms with van der Waals surface area (Å²) in [6, 6.07) is 9.29. The number of hydrogen-bond donors (Lipinski definition) is 0. The van der Waals surface area contributed by atoms with Crippen molar-refractivity contribution in [3.8, 4) is 0 Å². The van der Waals surface area contributed by atoms with Crippen molar-refractivity contribution in [2.45, 2.75) is 56.9 Å². The number of amides is 1. The Bertz CT molecular complexity index is 667. The average molecular weight is 370 g/mol. The smallest absolute Gasteiger partial charge is 0.233 e. The van der Waals surface area contributed by atoms with Crippen molar-refractivity contribution in [2.24, 2.45) is 0 Å². The van der Waals surface area contributed by atoms with Gasteiger partial charge in [-0.05, 0) is 63.7 Å². The second-order valence-corrected chi connectivity index (χ2v) is 9.07. The predicted octanol–water partition coefficient (Wildman–Crippen LogP) is 2.91. The first-order valence-corrected chi connectivity index (χ1v) is 10.9. The highest BCUT2D eigenvalue weighted by Gasteiger charge is 2.42. The van der Waals surface area contributed by atoms with Gasteiger partial charge in [-0.2, -0.15) is 0 Å². The molecule has 0 spiro atoms. The number of fused-ring (bicyclic) bond motifs is 1. The lowest BCUT2D eigenvalue weighted by Crippen LogP contribution is -2.56. The number of nitrogens with zero attached hydrogens (tertiary/aromatic N) is 3. The van der Waals surface area contributed by atoms with Crippen molar-refractivity contribution < 1.29 is 4.79 Å². The summed E-state index contributed by atoms with van der Waals surface area (Å²) < 4.78 is 0. The Morgan fingerprint density at radius 2 is 1.85 bits per heavy atom. The standard InChI is InChI=1S/C23H35N3O/c1-23(12-7-9-19-8-3-4-11-21(19)23)22(27)26-16-14-25(15-17-26)18-20-10-5-6-13-24(20)2/h3-4,8,11,20H,5-7,9-10,12-18H2,1-2H3/t20-,23-/m0/s1. The van der Waals surface area contributed by atoms with Gasteiger partial charge in [0, 0.05) is 38.8 Å². The Hall–Kier alpha value is -1.39. The molecule has 0 aromatic heterocycles. The number of aryl methyl sites for hydroxylation is 1. The molecule has 2 saturated heterocycles.